The monoisotopic (exact) mass is 279 g/mol. The highest BCUT2D eigenvalue weighted by Gasteiger charge is 2.26. The summed E-state index contributed by atoms with van der Waals surface area (Å²) in [4.78, 5) is 4.56. The van der Waals surface area contributed by atoms with Crippen molar-refractivity contribution in [1.82, 2.24) is 0 Å². The average molecular weight is 279 g/mol. The highest BCUT2D eigenvalue weighted by atomic mass is 16.5. The molecule has 3 rings (SSSR count). The minimum Gasteiger partial charge on any atom is -0.497 e. The van der Waals surface area contributed by atoms with Crippen molar-refractivity contribution in [3.05, 3.63) is 65.2 Å². The third-order valence-corrected chi connectivity index (χ3v) is 4.35. The van der Waals surface area contributed by atoms with E-state index in [9.17, 15) is 0 Å². The Kier molecular flexibility index (Phi) is 4.05. The Morgan fingerprint density at radius 2 is 1.90 bits per heavy atom. The van der Waals surface area contributed by atoms with E-state index in [1.807, 2.05) is 7.05 Å². The molecule has 0 fully saturated rings. The highest BCUT2D eigenvalue weighted by Crippen LogP contribution is 2.34. The van der Waals surface area contributed by atoms with Gasteiger partial charge in [0.05, 0.1) is 7.11 Å². The predicted molar refractivity (Wildman–Crippen MR) is 87.6 cm³/mol. The van der Waals surface area contributed by atoms with Gasteiger partial charge in [-0.15, -0.1) is 0 Å². The first-order valence-electron chi connectivity index (χ1n) is 7.48. The molecule has 1 unspecified atom stereocenters. The first-order valence-corrected chi connectivity index (χ1v) is 7.48. The summed E-state index contributed by atoms with van der Waals surface area (Å²) < 4.78 is 5.41. The van der Waals surface area contributed by atoms with E-state index in [1.165, 1.54) is 22.4 Å². The molecule has 0 spiro atoms. The lowest BCUT2D eigenvalue weighted by Crippen LogP contribution is -2.22. The summed E-state index contributed by atoms with van der Waals surface area (Å²) in [5, 5.41) is 0. The van der Waals surface area contributed by atoms with Crippen LogP contribution in [-0.4, -0.2) is 19.9 Å². The van der Waals surface area contributed by atoms with E-state index < -0.39 is 0 Å². The summed E-state index contributed by atoms with van der Waals surface area (Å²) in [5.41, 5.74) is 5.48. The van der Waals surface area contributed by atoms with Gasteiger partial charge in [0.1, 0.15) is 5.75 Å². The Hall–Kier alpha value is -2.09. The molecule has 0 aliphatic heterocycles. The summed E-state index contributed by atoms with van der Waals surface area (Å²) >= 11 is 0. The van der Waals surface area contributed by atoms with Crippen LogP contribution in [0.4, 0.5) is 0 Å². The predicted octanol–water partition coefficient (Wildman–Crippen LogP) is 4.04. The van der Waals surface area contributed by atoms with Crippen molar-refractivity contribution in [2.75, 3.05) is 14.2 Å². The summed E-state index contributed by atoms with van der Waals surface area (Å²) in [6, 6.07) is 17.1. The van der Waals surface area contributed by atoms with Crippen LogP contribution in [0.1, 0.15) is 29.0 Å². The molecular formula is C19H21NO. The van der Waals surface area contributed by atoms with Crippen molar-refractivity contribution in [3.8, 4) is 5.75 Å². The molecule has 1 aliphatic carbocycles. The average Bonchev–Trinajstić information content (AvgIpc) is 2.55. The largest absolute Gasteiger partial charge is 0.497 e. The van der Waals surface area contributed by atoms with Gasteiger partial charge in [0, 0.05) is 18.7 Å². The maximum Gasteiger partial charge on any atom is 0.119 e. The number of aryl methyl sites for hydroxylation is 1. The molecule has 2 aromatic carbocycles. The SMILES string of the molecule is CN=C1CCc2ccc(OC)cc2C1Cc1ccccc1. The molecule has 0 amide bonds. The Morgan fingerprint density at radius 3 is 2.62 bits per heavy atom. The fourth-order valence-electron chi connectivity index (χ4n) is 3.21. The van der Waals surface area contributed by atoms with Gasteiger partial charge < -0.3 is 4.74 Å². The molecule has 0 saturated carbocycles. The van der Waals surface area contributed by atoms with Gasteiger partial charge in [0.2, 0.25) is 0 Å². The molecule has 2 aromatic rings. The quantitative estimate of drug-likeness (QED) is 0.831. The molecule has 2 nitrogen and oxygen atoms in total. The third-order valence-electron chi connectivity index (χ3n) is 4.35. The Morgan fingerprint density at radius 1 is 1.10 bits per heavy atom. The number of ether oxygens (including phenoxy) is 1. The summed E-state index contributed by atoms with van der Waals surface area (Å²) in [7, 11) is 3.64. The molecule has 1 atom stereocenters. The van der Waals surface area contributed by atoms with Gasteiger partial charge in [-0.2, -0.15) is 0 Å². The van der Waals surface area contributed by atoms with Crippen LogP contribution < -0.4 is 4.74 Å². The summed E-state index contributed by atoms with van der Waals surface area (Å²) in [5.74, 6) is 1.31. The van der Waals surface area contributed by atoms with Crippen LogP contribution in [0.25, 0.3) is 0 Å². The van der Waals surface area contributed by atoms with E-state index in [0.717, 1.165) is 25.0 Å². The molecule has 0 N–H and O–H groups in total. The minimum absolute atomic E-state index is 0.372. The van der Waals surface area contributed by atoms with Gasteiger partial charge >= 0.3 is 0 Å². The number of fused-ring (bicyclic) bond motifs is 1. The normalized spacial score (nSPS) is 19.3. The van der Waals surface area contributed by atoms with Crippen LogP contribution >= 0.6 is 0 Å². The van der Waals surface area contributed by atoms with Crippen molar-refractivity contribution in [2.45, 2.75) is 25.2 Å². The number of rotatable bonds is 3. The van der Waals surface area contributed by atoms with Crippen molar-refractivity contribution < 1.29 is 4.74 Å². The van der Waals surface area contributed by atoms with E-state index in [1.54, 1.807) is 7.11 Å². The first kappa shape index (κ1) is 13.9. The van der Waals surface area contributed by atoms with Crippen molar-refractivity contribution in [3.63, 3.8) is 0 Å². The van der Waals surface area contributed by atoms with Crippen molar-refractivity contribution >= 4 is 5.71 Å². The standard InChI is InChI=1S/C19H21NO/c1-20-19-11-9-15-8-10-16(21-2)13-17(15)18(19)12-14-6-4-3-5-7-14/h3-8,10,13,18H,9,11-12H2,1-2H3. The fraction of sp³-hybridized carbons (Fsp3) is 0.316. The van der Waals surface area contributed by atoms with Gasteiger partial charge in [-0.25, -0.2) is 0 Å². The van der Waals surface area contributed by atoms with Crippen LogP contribution in [-0.2, 0) is 12.8 Å². The topological polar surface area (TPSA) is 21.6 Å². The molecule has 0 radical (unpaired) electrons. The maximum atomic E-state index is 5.41. The van der Waals surface area contributed by atoms with Gasteiger partial charge in [-0.1, -0.05) is 36.4 Å². The summed E-state index contributed by atoms with van der Waals surface area (Å²) in [6.07, 6.45) is 3.15. The van der Waals surface area contributed by atoms with Crippen LogP contribution in [0, 0.1) is 0 Å². The summed E-state index contributed by atoms with van der Waals surface area (Å²) in [6.45, 7) is 0. The maximum absolute atomic E-state index is 5.41. The second-order valence-corrected chi connectivity index (χ2v) is 5.52. The number of benzene rings is 2. The molecule has 2 heteroatoms. The number of methoxy groups -OCH3 is 1. The molecule has 0 saturated heterocycles. The van der Waals surface area contributed by atoms with Gasteiger partial charge in [0.25, 0.3) is 0 Å². The van der Waals surface area contributed by atoms with E-state index in [2.05, 4.69) is 53.5 Å². The molecule has 0 heterocycles. The number of hydrogen-bond donors (Lipinski definition) is 0. The van der Waals surface area contributed by atoms with Crippen LogP contribution in [0.15, 0.2) is 53.5 Å². The van der Waals surface area contributed by atoms with Gasteiger partial charge in [0.15, 0.2) is 0 Å². The number of hydrogen-bond acceptors (Lipinski definition) is 2. The lowest BCUT2D eigenvalue weighted by molar-refractivity contribution is 0.413. The van der Waals surface area contributed by atoms with E-state index in [-0.39, 0.29) is 0 Å². The van der Waals surface area contributed by atoms with Crippen LogP contribution in [0.5, 0.6) is 5.75 Å². The van der Waals surface area contributed by atoms with E-state index in [4.69, 9.17) is 4.74 Å². The fourth-order valence-corrected chi connectivity index (χ4v) is 3.21. The lowest BCUT2D eigenvalue weighted by Gasteiger charge is -2.28. The van der Waals surface area contributed by atoms with Crippen molar-refractivity contribution in [1.29, 1.82) is 0 Å². The Labute approximate surface area is 126 Å². The molecule has 21 heavy (non-hydrogen) atoms. The highest BCUT2D eigenvalue weighted by molar-refractivity contribution is 5.93. The molecule has 1 aliphatic rings. The Bertz CT molecular complexity index is 646. The van der Waals surface area contributed by atoms with Crippen LogP contribution in [0.3, 0.4) is 0 Å². The molecular weight excluding hydrogens is 258 g/mol. The van der Waals surface area contributed by atoms with E-state index in [0.29, 0.717) is 5.92 Å². The first-order chi connectivity index (χ1) is 10.3. The smallest absolute Gasteiger partial charge is 0.119 e. The minimum atomic E-state index is 0.372. The molecule has 0 aromatic heterocycles. The second kappa shape index (κ2) is 6.13. The molecule has 0 bridgehead atoms. The lowest BCUT2D eigenvalue weighted by atomic mass is 9.78. The van der Waals surface area contributed by atoms with E-state index >= 15 is 0 Å². The van der Waals surface area contributed by atoms with Gasteiger partial charge in [-0.3, -0.25) is 4.99 Å². The van der Waals surface area contributed by atoms with Crippen LogP contribution in [0.2, 0.25) is 0 Å². The zero-order chi connectivity index (χ0) is 14.7. The second-order valence-electron chi connectivity index (χ2n) is 5.52. The third kappa shape index (κ3) is 2.85. The zero-order valence-electron chi connectivity index (χ0n) is 12.7. The number of aliphatic imine (C=N–C) groups is 1. The van der Waals surface area contributed by atoms with Gasteiger partial charge in [-0.05, 0) is 48.1 Å². The number of nitrogens with zero attached hydrogens (tertiary/aromatic N) is 1. The molecule has 108 valence electrons. The zero-order valence-corrected chi connectivity index (χ0v) is 12.7. The van der Waals surface area contributed by atoms with Crippen molar-refractivity contribution in [2.24, 2.45) is 4.99 Å². The Balaban J connectivity index is 2.00.